The van der Waals surface area contributed by atoms with Crippen LogP contribution >= 0.6 is 0 Å². The number of amides is 1. The third kappa shape index (κ3) is 3.30. The Morgan fingerprint density at radius 3 is 3.24 bits per heavy atom. The number of hydrogen-bond acceptors (Lipinski definition) is 3. The molecule has 17 heavy (non-hydrogen) atoms. The predicted octanol–water partition coefficient (Wildman–Crippen LogP) is 0.946. The fraction of sp³-hybridized carbons (Fsp3) is 0.667. The maximum absolute atomic E-state index is 11.6. The molecule has 0 aliphatic carbocycles. The molecule has 0 saturated carbocycles. The van der Waals surface area contributed by atoms with Crippen LogP contribution in [-0.4, -0.2) is 35.4 Å². The molecule has 0 spiro atoms. The molecule has 1 fully saturated rings. The van der Waals surface area contributed by atoms with Gasteiger partial charge in [0.05, 0.1) is 6.20 Å². The average Bonchev–Trinajstić information content (AvgIpc) is 2.96. The molecule has 2 N–H and O–H groups in total. The molecule has 1 aliphatic rings. The van der Waals surface area contributed by atoms with Gasteiger partial charge in [0.2, 0.25) is 5.91 Å². The summed E-state index contributed by atoms with van der Waals surface area (Å²) < 4.78 is 5.31. The smallest absolute Gasteiger partial charge is 0.249 e. The lowest BCUT2D eigenvalue weighted by atomic mass is 10.1. The molecular weight excluding hydrogens is 218 g/mol. The molecule has 2 rings (SSSR count). The Hall–Kier alpha value is -1.36. The minimum Gasteiger partial charge on any atom is -0.368 e. The summed E-state index contributed by atoms with van der Waals surface area (Å²) in [5.41, 5.74) is 2.33. The van der Waals surface area contributed by atoms with Crippen molar-refractivity contribution >= 4 is 5.91 Å². The number of ether oxygens (including phenoxy) is 1. The van der Waals surface area contributed by atoms with Crippen LogP contribution in [0.25, 0.3) is 0 Å². The Morgan fingerprint density at radius 1 is 1.71 bits per heavy atom. The first kappa shape index (κ1) is 12.1. The standard InChI is InChI=1S/C12H19N3O2/c1-9-10(8-14-15-9)4-2-6-13-12(16)11-5-3-7-17-11/h8,11H,2-7H2,1H3,(H,13,16)(H,14,15)/t11-/m1/s1. The number of hydrogen-bond donors (Lipinski definition) is 2. The largest absolute Gasteiger partial charge is 0.368 e. The summed E-state index contributed by atoms with van der Waals surface area (Å²) >= 11 is 0. The highest BCUT2D eigenvalue weighted by molar-refractivity contribution is 5.80. The van der Waals surface area contributed by atoms with Gasteiger partial charge in [-0.15, -0.1) is 0 Å². The quantitative estimate of drug-likeness (QED) is 0.749. The van der Waals surface area contributed by atoms with Crippen molar-refractivity contribution in [2.75, 3.05) is 13.2 Å². The van der Waals surface area contributed by atoms with E-state index in [9.17, 15) is 4.79 Å². The predicted molar refractivity (Wildman–Crippen MR) is 63.6 cm³/mol. The third-order valence-electron chi connectivity index (χ3n) is 3.08. The van der Waals surface area contributed by atoms with Crippen molar-refractivity contribution < 1.29 is 9.53 Å². The van der Waals surface area contributed by atoms with Gasteiger partial charge in [-0.1, -0.05) is 0 Å². The van der Waals surface area contributed by atoms with Crippen LogP contribution in [0.3, 0.4) is 0 Å². The first-order valence-electron chi connectivity index (χ1n) is 6.15. The van der Waals surface area contributed by atoms with E-state index in [1.54, 1.807) is 0 Å². The highest BCUT2D eigenvalue weighted by atomic mass is 16.5. The van der Waals surface area contributed by atoms with Gasteiger partial charge in [0, 0.05) is 18.8 Å². The van der Waals surface area contributed by atoms with E-state index in [0.29, 0.717) is 13.2 Å². The van der Waals surface area contributed by atoms with Crippen molar-refractivity contribution in [2.24, 2.45) is 0 Å². The first-order chi connectivity index (χ1) is 8.27. The normalized spacial score (nSPS) is 19.5. The summed E-state index contributed by atoms with van der Waals surface area (Å²) in [6, 6.07) is 0. The second kappa shape index (κ2) is 5.82. The van der Waals surface area contributed by atoms with Crippen molar-refractivity contribution in [3.05, 3.63) is 17.5 Å². The second-order valence-electron chi connectivity index (χ2n) is 4.42. The van der Waals surface area contributed by atoms with Gasteiger partial charge in [-0.3, -0.25) is 9.89 Å². The molecule has 2 heterocycles. The Bertz CT molecular complexity index is 370. The summed E-state index contributed by atoms with van der Waals surface area (Å²) in [4.78, 5) is 11.6. The minimum absolute atomic E-state index is 0.0337. The highest BCUT2D eigenvalue weighted by Crippen LogP contribution is 2.11. The number of carbonyl (C=O) groups excluding carboxylic acids is 1. The fourth-order valence-electron chi connectivity index (χ4n) is 2.02. The number of H-pyrrole nitrogens is 1. The third-order valence-corrected chi connectivity index (χ3v) is 3.08. The number of nitrogens with one attached hydrogen (secondary N) is 2. The summed E-state index contributed by atoms with van der Waals surface area (Å²) in [7, 11) is 0. The van der Waals surface area contributed by atoms with Crippen molar-refractivity contribution in [1.29, 1.82) is 0 Å². The molecule has 1 aromatic heterocycles. The van der Waals surface area contributed by atoms with Crippen molar-refractivity contribution in [3.63, 3.8) is 0 Å². The molecule has 1 atom stereocenters. The Balaban J connectivity index is 1.63. The van der Waals surface area contributed by atoms with Crippen LogP contribution in [-0.2, 0) is 16.0 Å². The van der Waals surface area contributed by atoms with Crippen LogP contribution < -0.4 is 5.32 Å². The molecule has 1 aliphatic heterocycles. The van der Waals surface area contributed by atoms with Gasteiger partial charge in [-0.2, -0.15) is 5.10 Å². The van der Waals surface area contributed by atoms with Crippen molar-refractivity contribution in [2.45, 2.75) is 38.7 Å². The van der Waals surface area contributed by atoms with E-state index in [0.717, 1.165) is 31.4 Å². The molecule has 5 heteroatoms. The van der Waals surface area contributed by atoms with Crippen molar-refractivity contribution in [1.82, 2.24) is 15.5 Å². The lowest BCUT2D eigenvalue weighted by Gasteiger charge is -2.09. The first-order valence-corrected chi connectivity index (χ1v) is 6.15. The van der Waals surface area contributed by atoms with Crippen LogP contribution in [0.5, 0.6) is 0 Å². The topological polar surface area (TPSA) is 67.0 Å². The van der Waals surface area contributed by atoms with Crippen LogP contribution in [0.15, 0.2) is 6.20 Å². The zero-order chi connectivity index (χ0) is 12.1. The number of nitrogens with zero attached hydrogens (tertiary/aromatic N) is 1. The van der Waals surface area contributed by atoms with Gasteiger partial charge in [0.15, 0.2) is 0 Å². The Morgan fingerprint density at radius 2 is 2.59 bits per heavy atom. The molecule has 0 bridgehead atoms. The number of aromatic nitrogens is 2. The SMILES string of the molecule is Cc1[nH]ncc1CCCNC(=O)[C@H]1CCCO1. The number of rotatable bonds is 5. The maximum atomic E-state index is 11.6. The number of aryl methyl sites for hydroxylation is 2. The maximum Gasteiger partial charge on any atom is 0.249 e. The van der Waals surface area contributed by atoms with Crippen LogP contribution in [0.1, 0.15) is 30.5 Å². The lowest BCUT2D eigenvalue weighted by Crippen LogP contribution is -2.34. The van der Waals surface area contributed by atoms with Gasteiger partial charge in [-0.25, -0.2) is 0 Å². The minimum atomic E-state index is -0.217. The molecular formula is C12H19N3O2. The number of aromatic amines is 1. The monoisotopic (exact) mass is 237 g/mol. The fourth-order valence-corrected chi connectivity index (χ4v) is 2.02. The second-order valence-corrected chi connectivity index (χ2v) is 4.42. The molecule has 5 nitrogen and oxygen atoms in total. The molecule has 0 unspecified atom stereocenters. The van der Waals surface area contributed by atoms with E-state index < -0.39 is 0 Å². The zero-order valence-corrected chi connectivity index (χ0v) is 10.2. The van der Waals surface area contributed by atoms with E-state index >= 15 is 0 Å². The van der Waals surface area contributed by atoms with E-state index in [4.69, 9.17) is 4.74 Å². The summed E-state index contributed by atoms with van der Waals surface area (Å²) in [5, 5.41) is 9.78. The molecule has 0 aromatic carbocycles. The van der Waals surface area contributed by atoms with Gasteiger partial charge < -0.3 is 10.1 Å². The van der Waals surface area contributed by atoms with Crippen molar-refractivity contribution in [3.8, 4) is 0 Å². The van der Waals surface area contributed by atoms with Gasteiger partial charge in [0.25, 0.3) is 0 Å². The highest BCUT2D eigenvalue weighted by Gasteiger charge is 2.22. The van der Waals surface area contributed by atoms with Gasteiger partial charge >= 0.3 is 0 Å². The number of carbonyl (C=O) groups is 1. The van der Waals surface area contributed by atoms with E-state index in [-0.39, 0.29) is 12.0 Å². The van der Waals surface area contributed by atoms with Crippen LogP contribution in [0.2, 0.25) is 0 Å². The summed E-state index contributed by atoms with van der Waals surface area (Å²) in [5.74, 6) is 0.0337. The summed E-state index contributed by atoms with van der Waals surface area (Å²) in [6.45, 7) is 3.42. The lowest BCUT2D eigenvalue weighted by molar-refractivity contribution is -0.130. The Labute approximate surface area is 101 Å². The van der Waals surface area contributed by atoms with Crippen LogP contribution in [0.4, 0.5) is 0 Å². The molecule has 1 saturated heterocycles. The molecule has 1 aromatic rings. The molecule has 0 radical (unpaired) electrons. The van der Waals surface area contributed by atoms with E-state index in [1.165, 1.54) is 5.56 Å². The van der Waals surface area contributed by atoms with E-state index in [2.05, 4.69) is 15.5 Å². The zero-order valence-electron chi connectivity index (χ0n) is 10.2. The average molecular weight is 237 g/mol. The summed E-state index contributed by atoms with van der Waals surface area (Å²) in [6.07, 6.45) is 5.34. The van der Waals surface area contributed by atoms with E-state index in [1.807, 2.05) is 13.1 Å². The molecule has 1 amide bonds. The Kier molecular flexibility index (Phi) is 4.14. The van der Waals surface area contributed by atoms with Gasteiger partial charge in [-0.05, 0) is 38.2 Å². The van der Waals surface area contributed by atoms with Crippen LogP contribution in [0, 0.1) is 6.92 Å². The molecule has 94 valence electrons. The van der Waals surface area contributed by atoms with Gasteiger partial charge in [0.1, 0.15) is 6.10 Å².